The number of carbonyl (C=O) groups is 1. The molecule has 1 atom stereocenters. The molecule has 3 rings (SSSR count). The van der Waals surface area contributed by atoms with E-state index in [2.05, 4.69) is 11.1 Å². The highest BCUT2D eigenvalue weighted by Crippen LogP contribution is 2.29. The van der Waals surface area contributed by atoms with Gasteiger partial charge in [-0.2, -0.15) is 0 Å². The van der Waals surface area contributed by atoms with Gasteiger partial charge in [0.05, 0.1) is 6.10 Å². The van der Waals surface area contributed by atoms with Gasteiger partial charge in [-0.1, -0.05) is 12.1 Å². The van der Waals surface area contributed by atoms with Gasteiger partial charge in [0.15, 0.2) is 14.9 Å². The summed E-state index contributed by atoms with van der Waals surface area (Å²) in [6, 6.07) is 3.37. The van der Waals surface area contributed by atoms with Gasteiger partial charge >= 0.3 is 6.09 Å². The zero-order chi connectivity index (χ0) is 19.4. The molecule has 1 aliphatic carbocycles. The standard InChI is InChI=1S/C19H26N2O5S/c1-27(24,25)18-7-4-16(12-20-18)15-2-5-17(6-3-15)26-13-14-8-10-21(11-9-14)19(22)23/h2,4,7,12,14,17H,3,5-6,8-11,13H2,1H3,(H,22,23). The van der Waals surface area contributed by atoms with Crippen LogP contribution in [0, 0.1) is 5.92 Å². The molecule has 27 heavy (non-hydrogen) atoms. The molecule has 1 aromatic heterocycles. The van der Waals surface area contributed by atoms with Crippen molar-refractivity contribution in [2.24, 2.45) is 5.92 Å². The molecule has 0 bridgehead atoms. The largest absolute Gasteiger partial charge is 0.465 e. The van der Waals surface area contributed by atoms with E-state index in [1.807, 2.05) is 6.07 Å². The van der Waals surface area contributed by atoms with E-state index in [1.54, 1.807) is 12.3 Å². The number of sulfone groups is 1. The number of hydrogen-bond donors (Lipinski definition) is 1. The first kappa shape index (κ1) is 19.8. The van der Waals surface area contributed by atoms with Crippen molar-refractivity contribution in [2.45, 2.75) is 43.2 Å². The quantitative estimate of drug-likeness (QED) is 0.825. The third-order valence-corrected chi connectivity index (χ3v) is 6.30. The summed E-state index contributed by atoms with van der Waals surface area (Å²) in [6.07, 6.45) is 8.64. The molecule has 1 fully saturated rings. The summed E-state index contributed by atoms with van der Waals surface area (Å²) in [5.41, 5.74) is 2.14. The maximum atomic E-state index is 11.5. The van der Waals surface area contributed by atoms with E-state index in [1.165, 1.54) is 10.5 Å². The van der Waals surface area contributed by atoms with E-state index in [-0.39, 0.29) is 11.1 Å². The normalized spacial score (nSPS) is 21.7. The van der Waals surface area contributed by atoms with Gasteiger partial charge in [0.2, 0.25) is 0 Å². The number of allylic oxidation sites excluding steroid dienone is 1. The summed E-state index contributed by atoms with van der Waals surface area (Å²) in [5.74, 6) is 0.429. The van der Waals surface area contributed by atoms with E-state index >= 15 is 0 Å². The topological polar surface area (TPSA) is 96.8 Å². The van der Waals surface area contributed by atoms with Gasteiger partial charge in [0.1, 0.15) is 0 Å². The van der Waals surface area contributed by atoms with Crippen molar-refractivity contribution in [3.8, 4) is 0 Å². The lowest BCUT2D eigenvalue weighted by atomic mass is 9.92. The van der Waals surface area contributed by atoms with E-state index in [0.717, 1.165) is 43.9 Å². The third kappa shape index (κ3) is 5.29. The van der Waals surface area contributed by atoms with E-state index in [4.69, 9.17) is 9.84 Å². The zero-order valence-electron chi connectivity index (χ0n) is 15.5. The lowest BCUT2D eigenvalue weighted by Gasteiger charge is -2.31. The van der Waals surface area contributed by atoms with Gasteiger partial charge in [0.25, 0.3) is 0 Å². The van der Waals surface area contributed by atoms with Crippen LogP contribution in [0.5, 0.6) is 0 Å². The molecule has 0 radical (unpaired) electrons. The zero-order valence-corrected chi connectivity index (χ0v) is 16.3. The van der Waals surface area contributed by atoms with Gasteiger partial charge in [0, 0.05) is 32.1 Å². The Balaban J connectivity index is 1.47. The number of rotatable bonds is 5. The van der Waals surface area contributed by atoms with Crippen LogP contribution in [-0.2, 0) is 14.6 Å². The van der Waals surface area contributed by atoms with Crippen LogP contribution in [0.3, 0.4) is 0 Å². The summed E-state index contributed by atoms with van der Waals surface area (Å²) in [5, 5.41) is 9.08. The average molecular weight is 394 g/mol. The summed E-state index contributed by atoms with van der Waals surface area (Å²) >= 11 is 0. The molecule has 7 nitrogen and oxygen atoms in total. The van der Waals surface area contributed by atoms with Crippen LogP contribution >= 0.6 is 0 Å². The Labute approximate surface area is 160 Å². The van der Waals surface area contributed by atoms with Gasteiger partial charge in [-0.05, 0) is 55.2 Å². The summed E-state index contributed by atoms with van der Waals surface area (Å²) in [4.78, 5) is 16.5. The van der Waals surface area contributed by atoms with Crippen molar-refractivity contribution < 1.29 is 23.1 Å². The first-order chi connectivity index (χ1) is 12.8. The van der Waals surface area contributed by atoms with Crippen molar-refractivity contribution in [2.75, 3.05) is 26.0 Å². The minimum absolute atomic E-state index is 0.0952. The molecule has 1 N–H and O–H groups in total. The fraction of sp³-hybridized carbons (Fsp3) is 0.579. The molecule has 2 heterocycles. The second-order valence-corrected chi connectivity index (χ2v) is 9.29. The molecule has 1 unspecified atom stereocenters. The molecule has 1 saturated heterocycles. The molecule has 148 valence electrons. The molecule has 0 saturated carbocycles. The number of piperidine rings is 1. The SMILES string of the molecule is CS(=O)(=O)c1ccc(C2=CCC(OCC3CCN(C(=O)O)CC3)CC2)cn1. The van der Waals surface area contributed by atoms with Crippen molar-refractivity contribution in [1.82, 2.24) is 9.88 Å². The number of amides is 1. The van der Waals surface area contributed by atoms with Crippen LogP contribution < -0.4 is 0 Å². The Morgan fingerprint density at radius 1 is 1.30 bits per heavy atom. The van der Waals surface area contributed by atoms with Gasteiger partial charge in [-0.15, -0.1) is 0 Å². The summed E-state index contributed by atoms with van der Waals surface area (Å²) in [6.45, 7) is 1.87. The van der Waals surface area contributed by atoms with Crippen LogP contribution in [0.2, 0.25) is 0 Å². The molecule has 8 heteroatoms. The number of carboxylic acid groups (broad SMARTS) is 1. The average Bonchev–Trinajstić information content (AvgIpc) is 2.66. The number of nitrogens with zero attached hydrogens (tertiary/aromatic N) is 2. The number of pyridine rings is 1. The smallest absolute Gasteiger partial charge is 0.407 e. The maximum Gasteiger partial charge on any atom is 0.407 e. The fourth-order valence-electron chi connectivity index (χ4n) is 3.58. The highest BCUT2D eigenvalue weighted by molar-refractivity contribution is 7.90. The summed E-state index contributed by atoms with van der Waals surface area (Å²) < 4.78 is 29.0. The van der Waals surface area contributed by atoms with E-state index in [9.17, 15) is 13.2 Å². The van der Waals surface area contributed by atoms with Crippen molar-refractivity contribution >= 4 is 21.5 Å². The molecule has 0 aromatic carbocycles. The Kier molecular flexibility index (Phi) is 6.16. The second kappa shape index (κ2) is 8.39. The minimum Gasteiger partial charge on any atom is -0.465 e. The van der Waals surface area contributed by atoms with E-state index in [0.29, 0.717) is 25.6 Å². The monoisotopic (exact) mass is 394 g/mol. The molecule has 0 spiro atoms. The molecular weight excluding hydrogens is 368 g/mol. The molecule has 1 aromatic rings. The maximum absolute atomic E-state index is 11.5. The highest BCUT2D eigenvalue weighted by Gasteiger charge is 2.24. The van der Waals surface area contributed by atoms with Crippen LogP contribution in [0.1, 0.15) is 37.7 Å². The molecular formula is C19H26N2O5S. The molecule has 1 amide bonds. The molecule has 1 aliphatic heterocycles. The lowest BCUT2D eigenvalue weighted by Crippen LogP contribution is -2.38. The van der Waals surface area contributed by atoms with Crippen molar-refractivity contribution in [3.63, 3.8) is 0 Å². The van der Waals surface area contributed by atoms with Gasteiger partial charge < -0.3 is 14.7 Å². The summed E-state index contributed by atoms with van der Waals surface area (Å²) in [7, 11) is -3.27. The lowest BCUT2D eigenvalue weighted by molar-refractivity contribution is 0.0101. The number of aromatic nitrogens is 1. The van der Waals surface area contributed by atoms with Crippen LogP contribution in [-0.4, -0.2) is 61.6 Å². The Hall–Kier alpha value is -1.93. The molecule has 2 aliphatic rings. The van der Waals surface area contributed by atoms with Crippen molar-refractivity contribution in [1.29, 1.82) is 0 Å². The first-order valence-electron chi connectivity index (χ1n) is 9.28. The highest BCUT2D eigenvalue weighted by atomic mass is 32.2. The number of likely N-dealkylation sites (tertiary alicyclic amines) is 1. The fourth-order valence-corrected chi connectivity index (χ4v) is 4.14. The van der Waals surface area contributed by atoms with E-state index < -0.39 is 15.9 Å². The van der Waals surface area contributed by atoms with Crippen LogP contribution in [0.25, 0.3) is 5.57 Å². The first-order valence-corrected chi connectivity index (χ1v) is 11.2. The third-order valence-electron chi connectivity index (χ3n) is 5.30. The van der Waals surface area contributed by atoms with Gasteiger partial charge in [-0.25, -0.2) is 18.2 Å². The van der Waals surface area contributed by atoms with Gasteiger partial charge in [-0.3, -0.25) is 0 Å². The predicted molar refractivity (Wildman–Crippen MR) is 101 cm³/mol. The van der Waals surface area contributed by atoms with Crippen LogP contribution in [0.4, 0.5) is 4.79 Å². The second-order valence-electron chi connectivity index (χ2n) is 7.33. The minimum atomic E-state index is -3.27. The van der Waals surface area contributed by atoms with Crippen molar-refractivity contribution in [3.05, 3.63) is 30.0 Å². The number of hydrogen-bond acceptors (Lipinski definition) is 5. The number of ether oxygens (including phenoxy) is 1. The predicted octanol–water partition coefficient (Wildman–Crippen LogP) is 2.83. The Morgan fingerprint density at radius 2 is 2.04 bits per heavy atom. The Bertz CT molecular complexity index is 796. The Morgan fingerprint density at radius 3 is 2.56 bits per heavy atom. The van der Waals surface area contributed by atoms with Crippen LogP contribution in [0.15, 0.2) is 29.4 Å².